The molecule has 0 saturated heterocycles. The highest BCUT2D eigenvalue weighted by atomic mass is 35.5. The molecule has 1 heterocycles. The molecule has 0 saturated carbocycles. The van der Waals surface area contributed by atoms with Crippen molar-refractivity contribution in [2.24, 2.45) is 5.73 Å². The molecule has 0 aromatic carbocycles. The van der Waals surface area contributed by atoms with E-state index in [0.29, 0.717) is 12.1 Å². The number of hydrogen-bond acceptors (Lipinski definition) is 3. The van der Waals surface area contributed by atoms with Gasteiger partial charge in [0.1, 0.15) is 6.61 Å². The summed E-state index contributed by atoms with van der Waals surface area (Å²) >= 11 is 0. The first kappa shape index (κ1) is 11.0. The van der Waals surface area contributed by atoms with Gasteiger partial charge in [-0.05, 0) is 6.07 Å². The number of esters is 1. The lowest BCUT2D eigenvalue weighted by molar-refractivity contribution is 0.0517. The molecular weight excluding hydrogens is 180 g/mol. The Morgan fingerprint density at radius 2 is 2.42 bits per heavy atom. The maximum atomic E-state index is 11.0. The van der Waals surface area contributed by atoms with Crippen molar-refractivity contribution in [3.8, 4) is 0 Å². The molecule has 1 aromatic rings. The Labute approximate surface area is 76.5 Å². The lowest BCUT2D eigenvalue weighted by Crippen LogP contribution is -2.13. The smallest absolute Gasteiger partial charge is 0.339 e. The molecule has 0 amide bonds. The van der Waals surface area contributed by atoms with E-state index < -0.39 is 0 Å². The standard InChI is InChI=1S/C7H10N2O2.ClH/c8-2-4-11-7(10)6-1-3-9-5-6;/h1,3,5,9H,2,4,8H2;1H. The predicted octanol–water partition coefficient (Wildman–Crippen LogP) is 0.552. The third-order valence-electron chi connectivity index (χ3n) is 1.18. The minimum Gasteiger partial charge on any atom is -0.461 e. The molecule has 0 bridgehead atoms. The Hall–Kier alpha value is -1.00. The van der Waals surface area contributed by atoms with Crippen LogP contribution in [0.1, 0.15) is 10.4 Å². The number of carbonyl (C=O) groups excluding carboxylic acids is 1. The maximum absolute atomic E-state index is 11.0. The summed E-state index contributed by atoms with van der Waals surface area (Å²) < 4.78 is 4.75. The largest absolute Gasteiger partial charge is 0.461 e. The number of rotatable bonds is 3. The predicted molar refractivity (Wildman–Crippen MR) is 47.4 cm³/mol. The molecule has 3 N–H and O–H groups in total. The maximum Gasteiger partial charge on any atom is 0.339 e. The van der Waals surface area contributed by atoms with Gasteiger partial charge in [0.25, 0.3) is 0 Å². The second-order valence-corrected chi connectivity index (χ2v) is 2.02. The Kier molecular flexibility index (Phi) is 5.16. The summed E-state index contributed by atoms with van der Waals surface area (Å²) in [6.45, 7) is 0.625. The molecule has 1 rings (SSSR count). The molecule has 5 heteroatoms. The van der Waals surface area contributed by atoms with Crippen LogP contribution in [-0.2, 0) is 4.74 Å². The van der Waals surface area contributed by atoms with E-state index in [1.165, 1.54) is 0 Å². The molecule has 4 nitrogen and oxygen atoms in total. The fourth-order valence-electron chi connectivity index (χ4n) is 0.686. The van der Waals surface area contributed by atoms with Crippen molar-refractivity contribution in [3.05, 3.63) is 24.0 Å². The lowest BCUT2D eigenvalue weighted by Gasteiger charge is -1.98. The first-order valence-corrected chi connectivity index (χ1v) is 3.34. The summed E-state index contributed by atoms with van der Waals surface area (Å²) in [5, 5.41) is 0. The molecular formula is C7H11ClN2O2. The molecule has 1 aromatic heterocycles. The van der Waals surface area contributed by atoms with E-state index in [0.717, 1.165) is 0 Å². The highest BCUT2D eigenvalue weighted by Crippen LogP contribution is 1.98. The average Bonchev–Trinajstić information content (AvgIpc) is 2.52. The van der Waals surface area contributed by atoms with Gasteiger partial charge in [-0.25, -0.2) is 4.79 Å². The molecule has 0 fully saturated rings. The van der Waals surface area contributed by atoms with Crippen molar-refractivity contribution < 1.29 is 9.53 Å². The molecule has 0 spiro atoms. The van der Waals surface area contributed by atoms with Gasteiger partial charge in [-0.3, -0.25) is 0 Å². The molecule has 12 heavy (non-hydrogen) atoms. The molecule has 68 valence electrons. The SMILES string of the molecule is Cl.NCCOC(=O)c1cc[nH]c1. The van der Waals surface area contributed by atoms with E-state index in [4.69, 9.17) is 10.5 Å². The Morgan fingerprint density at radius 1 is 1.67 bits per heavy atom. The van der Waals surface area contributed by atoms with Crippen LogP contribution in [0.2, 0.25) is 0 Å². The third-order valence-corrected chi connectivity index (χ3v) is 1.18. The van der Waals surface area contributed by atoms with Crippen LogP contribution in [0.5, 0.6) is 0 Å². The second-order valence-electron chi connectivity index (χ2n) is 2.02. The molecule has 0 aliphatic rings. The van der Waals surface area contributed by atoms with Crippen molar-refractivity contribution in [3.63, 3.8) is 0 Å². The zero-order valence-corrected chi connectivity index (χ0v) is 7.26. The average molecular weight is 191 g/mol. The summed E-state index contributed by atoms with van der Waals surface area (Å²) in [5.41, 5.74) is 5.67. The topological polar surface area (TPSA) is 68.1 Å². The van der Waals surface area contributed by atoms with Crippen LogP contribution in [0.3, 0.4) is 0 Å². The van der Waals surface area contributed by atoms with Crippen molar-refractivity contribution >= 4 is 18.4 Å². The van der Waals surface area contributed by atoms with Gasteiger partial charge in [0.05, 0.1) is 5.56 Å². The van der Waals surface area contributed by atoms with Crippen LogP contribution in [0.25, 0.3) is 0 Å². The molecule has 0 atom stereocenters. The number of halogens is 1. The lowest BCUT2D eigenvalue weighted by atomic mass is 10.3. The van der Waals surface area contributed by atoms with E-state index in [2.05, 4.69) is 4.98 Å². The van der Waals surface area contributed by atoms with Gasteiger partial charge in [-0.2, -0.15) is 0 Å². The summed E-state index contributed by atoms with van der Waals surface area (Å²) in [6.07, 6.45) is 3.25. The van der Waals surface area contributed by atoms with Crippen LogP contribution in [0.15, 0.2) is 18.5 Å². The van der Waals surface area contributed by atoms with Crippen LogP contribution < -0.4 is 5.73 Å². The van der Waals surface area contributed by atoms with Crippen molar-refractivity contribution in [1.82, 2.24) is 4.98 Å². The van der Waals surface area contributed by atoms with Gasteiger partial charge in [0.2, 0.25) is 0 Å². The summed E-state index contributed by atoms with van der Waals surface area (Å²) in [4.78, 5) is 13.7. The monoisotopic (exact) mass is 190 g/mol. The molecule has 0 radical (unpaired) electrons. The van der Waals surface area contributed by atoms with E-state index >= 15 is 0 Å². The zero-order chi connectivity index (χ0) is 8.10. The van der Waals surface area contributed by atoms with Crippen LogP contribution >= 0.6 is 12.4 Å². The summed E-state index contributed by atoms with van der Waals surface area (Å²) in [7, 11) is 0. The van der Waals surface area contributed by atoms with E-state index in [1.807, 2.05) is 0 Å². The van der Waals surface area contributed by atoms with Gasteiger partial charge in [0, 0.05) is 18.9 Å². The minimum atomic E-state index is -0.336. The number of nitrogens with one attached hydrogen (secondary N) is 1. The number of carbonyl (C=O) groups is 1. The number of aromatic amines is 1. The fraction of sp³-hybridized carbons (Fsp3) is 0.286. The Bertz CT molecular complexity index is 223. The molecule has 0 aliphatic carbocycles. The van der Waals surface area contributed by atoms with Crippen LogP contribution in [-0.4, -0.2) is 24.1 Å². The second kappa shape index (κ2) is 5.62. The first-order valence-electron chi connectivity index (χ1n) is 3.34. The number of nitrogens with two attached hydrogens (primary N) is 1. The highest BCUT2D eigenvalue weighted by molar-refractivity contribution is 5.89. The van der Waals surface area contributed by atoms with Crippen molar-refractivity contribution in [2.45, 2.75) is 0 Å². The Morgan fingerprint density at radius 3 is 2.92 bits per heavy atom. The fourth-order valence-corrected chi connectivity index (χ4v) is 0.686. The molecule has 0 unspecified atom stereocenters. The number of aromatic nitrogens is 1. The van der Waals surface area contributed by atoms with E-state index in [9.17, 15) is 4.79 Å². The third kappa shape index (κ3) is 2.94. The van der Waals surface area contributed by atoms with Crippen LogP contribution in [0.4, 0.5) is 0 Å². The quantitative estimate of drug-likeness (QED) is 0.685. The van der Waals surface area contributed by atoms with Crippen molar-refractivity contribution in [1.29, 1.82) is 0 Å². The zero-order valence-electron chi connectivity index (χ0n) is 6.45. The highest BCUT2D eigenvalue weighted by Gasteiger charge is 2.04. The molecule has 0 aliphatic heterocycles. The number of H-pyrrole nitrogens is 1. The van der Waals surface area contributed by atoms with Gasteiger partial charge in [0.15, 0.2) is 0 Å². The van der Waals surface area contributed by atoms with Gasteiger partial charge in [-0.15, -0.1) is 12.4 Å². The van der Waals surface area contributed by atoms with Gasteiger partial charge < -0.3 is 15.5 Å². The van der Waals surface area contributed by atoms with Gasteiger partial charge in [-0.1, -0.05) is 0 Å². The minimum absolute atomic E-state index is 0. The normalized spacial score (nSPS) is 8.75. The first-order chi connectivity index (χ1) is 5.34. The van der Waals surface area contributed by atoms with E-state index in [1.54, 1.807) is 18.5 Å². The summed E-state index contributed by atoms with van der Waals surface area (Å²) in [6, 6.07) is 1.65. The number of ether oxygens (including phenoxy) is 1. The summed E-state index contributed by atoms with van der Waals surface area (Å²) in [5.74, 6) is -0.336. The van der Waals surface area contributed by atoms with Crippen molar-refractivity contribution in [2.75, 3.05) is 13.2 Å². The van der Waals surface area contributed by atoms with Crippen LogP contribution in [0, 0.1) is 0 Å². The Balaban J connectivity index is 0.00000121. The number of hydrogen-bond donors (Lipinski definition) is 2. The van der Waals surface area contributed by atoms with E-state index in [-0.39, 0.29) is 25.0 Å². The van der Waals surface area contributed by atoms with Gasteiger partial charge >= 0.3 is 5.97 Å².